The van der Waals surface area contributed by atoms with Crippen molar-refractivity contribution in [1.82, 2.24) is 5.43 Å². The van der Waals surface area contributed by atoms with Crippen LogP contribution in [-0.4, -0.2) is 13.7 Å². The minimum Gasteiger partial charge on any atom is -0.494 e. The van der Waals surface area contributed by atoms with Crippen LogP contribution in [0.1, 0.15) is 24.1 Å². The first kappa shape index (κ1) is 15.3. The molecular weight excluding hydrogens is 271 g/mol. The summed E-state index contributed by atoms with van der Waals surface area (Å²) in [4.78, 5) is 0. The Hall–Kier alpha value is -2.11. The predicted molar refractivity (Wildman–Crippen MR) is 79.7 cm³/mol. The number of nitrogens with two attached hydrogens (primary N) is 1. The van der Waals surface area contributed by atoms with Crippen molar-refractivity contribution >= 4 is 0 Å². The number of benzene rings is 2. The molecule has 2 aromatic carbocycles. The zero-order valence-corrected chi connectivity index (χ0v) is 12.1. The molecule has 0 saturated heterocycles. The van der Waals surface area contributed by atoms with Gasteiger partial charge >= 0.3 is 0 Å². The van der Waals surface area contributed by atoms with Gasteiger partial charge in [-0.2, -0.15) is 0 Å². The smallest absolute Gasteiger partial charge is 0.165 e. The molecule has 3 N–H and O–H groups in total. The highest BCUT2D eigenvalue weighted by Gasteiger charge is 2.15. The summed E-state index contributed by atoms with van der Waals surface area (Å²) in [7, 11) is 1.43. The van der Waals surface area contributed by atoms with Gasteiger partial charge in [-0.15, -0.1) is 0 Å². The topological polar surface area (TPSA) is 56.5 Å². The Balaban J connectivity index is 2.28. The predicted octanol–water partition coefficient (Wildman–Crippen LogP) is 2.79. The molecule has 0 aliphatic carbocycles. The Morgan fingerprint density at radius 1 is 1.14 bits per heavy atom. The van der Waals surface area contributed by atoms with Crippen molar-refractivity contribution in [1.29, 1.82) is 0 Å². The molecule has 112 valence electrons. The van der Waals surface area contributed by atoms with Crippen LogP contribution in [0.3, 0.4) is 0 Å². The minimum atomic E-state index is -0.416. The van der Waals surface area contributed by atoms with Crippen LogP contribution >= 0.6 is 0 Å². The third-order valence-corrected chi connectivity index (χ3v) is 3.20. The SMILES string of the molecule is CCOc1ccc(C(NN)c2ccc(OC)c(F)c2)cc1. The standard InChI is InChI=1S/C16H19FN2O2/c1-3-21-13-7-4-11(5-8-13)16(19-18)12-6-9-15(20-2)14(17)10-12/h4-10,16,19H,3,18H2,1-2H3. The van der Waals surface area contributed by atoms with Gasteiger partial charge in [0.1, 0.15) is 5.75 Å². The van der Waals surface area contributed by atoms with E-state index < -0.39 is 5.82 Å². The van der Waals surface area contributed by atoms with Crippen molar-refractivity contribution in [2.75, 3.05) is 13.7 Å². The molecule has 0 amide bonds. The first-order chi connectivity index (χ1) is 10.2. The lowest BCUT2D eigenvalue weighted by Gasteiger charge is -2.18. The van der Waals surface area contributed by atoms with E-state index in [-0.39, 0.29) is 11.8 Å². The molecule has 0 bridgehead atoms. The maximum Gasteiger partial charge on any atom is 0.165 e. The second-order valence-corrected chi connectivity index (χ2v) is 4.50. The van der Waals surface area contributed by atoms with Gasteiger partial charge in [0.15, 0.2) is 11.6 Å². The maximum atomic E-state index is 13.8. The molecule has 0 radical (unpaired) electrons. The summed E-state index contributed by atoms with van der Waals surface area (Å²) in [6, 6.07) is 12.0. The largest absolute Gasteiger partial charge is 0.494 e. The summed E-state index contributed by atoms with van der Waals surface area (Å²) in [5.41, 5.74) is 4.35. The second-order valence-electron chi connectivity index (χ2n) is 4.50. The number of methoxy groups -OCH3 is 1. The minimum absolute atomic E-state index is 0.209. The average molecular weight is 290 g/mol. The monoisotopic (exact) mass is 290 g/mol. The normalized spacial score (nSPS) is 12.0. The molecule has 5 heteroatoms. The summed E-state index contributed by atoms with van der Waals surface area (Å²) >= 11 is 0. The van der Waals surface area contributed by atoms with E-state index in [2.05, 4.69) is 5.43 Å². The molecule has 1 unspecified atom stereocenters. The molecule has 2 aromatic rings. The summed E-state index contributed by atoms with van der Waals surface area (Å²) in [6.45, 7) is 2.54. The lowest BCUT2D eigenvalue weighted by Crippen LogP contribution is -2.28. The Morgan fingerprint density at radius 3 is 2.33 bits per heavy atom. The fraction of sp³-hybridized carbons (Fsp3) is 0.250. The Labute approximate surface area is 123 Å². The van der Waals surface area contributed by atoms with Crippen LogP contribution in [0.25, 0.3) is 0 Å². The third-order valence-electron chi connectivity index (χ3n) is 3.20. The van der Waals surface area contributed by atoms with E-state index in [1.165, 1.54) is 13.2 Å². The Kier molecular flexibility index (Phi) is 5.14. The number of hydrogen-bond acceptors (Lipinski definition) is 4. The van der Waals surface area contributed by atoms with Gasteiger partial charge in [0.25, 0.3) is 0 Å². The van der Waals surface area contributed by atoms with Gasteiger partial charge in [0.2, 0.25) is 0 Å². The highest BCUT2D eigenvalue weighted by atomic mass is 19.1. The average Bonchev–Trinajstić information content (AvgIpc) is 2.50. The van der Waals surface area contributed by atoms with Gasteiger partial charge in [-0.1, -0.05) is 18.2 Å². The van der Waals surface area contributed by atoms with Gasteiger partial charge < -0.3 is 9.47 Å². The lowest BCUT2D eigenvalue weighted by atomic mass is 9.99. The van der Waals surface area contributed by atoms with E-state index in [4.69, 9.17) is 15.3 Å². The highest BCUT2D eigenvalue weighted by molar-refractivity contribution is 5.38. The van der Waals surface area contributed by atoms with Gasteiger partial charge in [-0.25, -0.2) is 9.82 Å². The Bertz CT molecular complexity index is 587. The van der Waals surface area contributed by atoms with E-state index in [1.54, 1.807) is 12.1 Å². The van der Waals surface area contributed by atoms with Crippen LogP contribution in [0.4, 0.5) is 4.39 Å². The van der Waals surface area contributed by atoms with Crippen LogP contribution in [-0.2, 0) is 0 Å². The first-order valence-electron chi connectivity index (χ1n) is 6.72. The summed E-state index contributed by atoms with van der Waals surface area (Å²) in [5, 5.41) is 0. The van der Waals surface area contributed by atoms with Gasteiger partial charge in [-0.05, 0) is 42.3 Å². The van der Waals surface area contributed by atoms with Gasteiger partial charge in [0.05, 0.1) is 19.8 Å². The second kappa shape index (κ2) is 7.06. The first-order valence-corrected chi connectivity index (χ1v) is 6.72. The highest BCUT2D eigenvalue weighted by Crippen LogP contribution is 2.27. The molecule has 1 atom stereocenters. The van der Waals surface area contributed by atoms with E-state index in [1.807, 2.05) is 31.2 Å². The van der Waals surface area contributed by atoms with E-state index in [0.717, 1.165) is 16.9 Å². The lowest BCUT2D eigenvalue weighted by molar-refractivity contribution is 0.340. The molecule has 0 fully saturated rings. The molecule has 2 rings (SSSR count). The van der Waals surface area contributed by atoms with E-state index >= 15 is 0 Å². The molecule has 21 heavy (non-hydrogen) atoms. The van der Waals surface area contributed by atoms with Crippen LogP contribution in [0.5, 0.6) is 11.5 Å². The van der Waals surface area contributed by atoms with Crippen molar-refractivity contribution in [3.63, 3.8) is 0 Å². The molecule has 4 nitrogen and oxygen atoms in total. The molecule has 0 aromatic heterocycles. The molecule has 0 aliphatic heterocycles. The summed E-state index contributed by atoms with van der Waals surface area (Å²) in [5.74, 6) is 6.20. The van der Waals surface area contributed by atoms with E-state index in [0.29, 0.717) is 6.61 Å². The van der Waals surface area contributed by atoms with Gasteiger partial charge in [-0.3, -0.25) is 5.84 Å². The zero-order valence-electron chi connectivity index (χ0n) is 12.1. The molecule has 0 heterocycles. The number of rotatable bonds is 6. The quantitative estimate of drug-likeness (QED) is 0.634. The van der Waals surface area contributed by atoms with Crippen LogP contribution in [0.15, 0.2) is 42.5 Å². The summed E-state index contributed by atoms with van der Waals surface area (Å²) < 4.78 is 24.1. The van der Waals surface area contributed by atoms with Crippen molar-refractivity contribution in [3.05, 3.63) is 59.4 Å². The molecule has 0 spiro atoms. The van der Waals surface area contributed by atoms with Crippen molar-refractivity contribution in [2.45, 2.75) is 13.0 Å². The van der Waals surface area contributed by atoms with Crippen molar-refractivity contribution in [3.8, 4) is 11.5 Å². The van der Waals surface area contributed by atoms with Gasteiger partial charge in [0, 0.05) is 0 Å². The molecule has 0 aliphatic rings. The molecular formula is C16H19FN2O2. The molecule has 0 saturated carbocycles. The fourth-order valence-electron chi connectivity index (χ4n) is 2.17. The van der Waals surface area contributed by atoms with Crippen molar-refractivity contribution in [2.24, 2.45) is 5.84 Å². The van der Waals surface area contributed by atoms with E-state index in [9.17, 15) is 4.39 Å². The van der Waals surface area contributed by atoms with Crippen LogP contribution in [0.2, 0.25) is 0 Å². The number of halogens is 1. The number of ether oxygens (including phenoxy) is 2. The number of hydrazine groups is 1. The maximum absolute atomic E-state index is 13.8. The van der Waals surface area contributed by atoms with Crippen molar-refractivity contribution < 1.29 is 13.9 Å². The van der Waals surface area contributed by atoms with Crippen LogP contribution in [0, 0.1) is 5.82 Å². The third kappa shape index (κ3) is 3.51. The zero-order chi connectivity index (χ0) is 15.2. The number of hydrogen-bond donors (Lipinski definition) is 2. The van der Waals surface area contributed by atoms with Crippen LogP contribution < -0.4 is 20.7 Å². The fourth-order valence-corrected chi connectivity index (χ4v) is 2.17. The Morgan fingerprint density at radius 2 is 1.81 bits per heavy atom. The summed E-state index contributed by atoms with van der Waals surface area (Å²) in [6.07, 6.45) is 0. The number of nitrogens with one attached hydrogen (secondary N) is 1.